The number of nitrogens with one attached hydrogen (secondary N) is 1. The largest absolute Gasteiger partial charge is 0.445 e. The molecule has 2 aromatic rings. The predicted octanol–water partition coefficient (Wildman–Crippen LogP) is 3.66. The zero-order valence-corrected chi connectivity index (χ0v) is 15.1. The Kier molecular flexibility index (Phi) is 6.72. The van der Waals surface area contributed by atoms with E-state index in [2.05, 4.69) is 5.32 Å². The summed E-state index contributed by atoms with van der Waals surface area (Å²) in [7, 11) is 1.64. The smallest absolute Gasteiger partial charge is 0.408 e. The summed E-state index contributed by atoms with van der Waals surface area (Å²) in [5, 5.41) is 2.53. The maximum absolute atomic E-state index is 13.0. The summed E-state index contributed by atoms with van der Waals surface area (Å²) < 4.78 is 18.2. The first-order valence-corrected chi connectivity index (χ1v) is 8.38. The standard InChI is InChI=1S/C20H23FN2O3/c1-14(22-20(25)26-13-16-7-5-4-6-8-16)19(24)23(3)15(2)17-9-11-18(21)12-10-17/h4-12,14-15H,13H2,1-3H3,(H,22,25)/t14-,15-/m0/s1. The van der Waals surface area contributed by atoms with Crippen LogP contribution in [0.1, 0.15) is 31.0 Å². The Labute approximate surface area is 152 Å². The third-order valence-corrected chi connectivity index (χ3v) is 4.20. The van der Waals surface area contributed by atoms with Crippen LogP contribution in [0.25, 0.3) is 0 Å². The van der Waals surface area contributed by atoms with Gasteiger partial charge in [-0.3, -0.25) is 4.79 Å². The summed E-state index contributed by atoms with van der Waals surface area (Å²) >= 11 is 0. The van der Waals surface area contributed by atoms with Crippen LogP contribution in [0.15, 0.2) is 54.6 Å². The number of rotatable bonds is 6. The molecule has 138 valence electrons. The third kappa shape index (κ3) is 5.31. The lowest BCUT2D eigenvalue weighted by Crippen LogP contribution is -2.46. The highest BCUT2D eigenvalue weighted by atomic mass is 19.1. The van der Waals surface area contributed by atoms with Gasteiger partial charge in [0.05, 0.1) is 6.04 Å². The molecular weight excluding hydrogens is 335 g/mol. The molecule has 0 unspecified atom stereocenters. The Morgan fingerprint density at radius 3 is 2.31 bits per heavy atom. The lowest BCUT2D eigenvalue weighted by molar-refractivity contribution is -0.133. The van der Waals surface area contributed by atoms with Gasteiger partial charge in [0.2, 0.25) is 5.91 Å². The van der Waals surface area contributed by atoms with Crippen molar-refractivity contribution >= 4 is 12.0 Å². The zero-order chi connectivity index (χ0) is 19.1. The number of amides is 2. The number of benzene rings is 2. The monoisotopic (exact) mass is 358 g/mol. The average molecular weight is 358 g/mol. The van der Waals surface area contributed by atoms with Crippen LogP contribution in [-0.2, 0) is 16.1 Å². The van der Waals surface area contributed by atoms with Gasteiger partial charge >= 0.3 is 6.09 Å². The molecule has 0 aliphatic carbocycles. The van der Waals surface area contributed by atoms with Gasteiger partial charge in [-0.15, -0.1) is 0 Å². The van der Waals surface area contributed by atoms with Crippen LogP contribution in [0.4, 0.5) is 9.18 Å². The summed E-state index contributed by atoms with van der Waals surface area (Å²) in [6.45, 7) is 3.57. The minimum Gasteiger partial charge on any atom is -0.445 e. The van der Waals surface area contributed by atoms with Gasteiger partial charge in [0.1, 0.15) is 18.5 Å². The molecule has 6 heteroatoms. The van der Waals surface area contributed by atoms with E-state index in [1.165, 1.54) is 17.0 Å². The molecule has 0 aromatic heterocycles. The second-order valence-electron chi connectivity index (χ2n) is 6.10. The first kappa shape index (κ1) is 19.4. The number of carbonyl (C=O) groups excluding carboxylic acids is 2. The maximum atomic E-state index is 13.0. The van der Waals surface area contributed by atoms with Crippen LogP contribution in [0, 0.1) is 5.82 Å². The summed E-state index contributed by atoms with van der Waals surface area (Å²) in [5.74, 6) is -0.593. The first-order valence-electron chi connectivity index (χ1n) is 8.38. The van der Waals surface area contributed by atoms with E-state index >= 15 is 0 Å². The van der Waals surface area contributed by atoms with E-state index in [0.29, 0.717) is 0 Å². The van der Waals surface area contributed by atoms with Crippen molar-refractivity contribution in [1.82, 2.24) is 10.2 Å². The van der Waals surface area contributed by atoms with Crippen LogP contribution >= 0.6 is 0 Å². The van der Waals surface area contributed by atoms with Crippen LogP contribution in [-0.4, -0.2) is 30.0 Å². The van der Waals surface area contributed by atoms with Crippen LogP contribution in [0.2, 0.25) is 0 Å². The number of alkyl carbamates (subject to hydrolysis) is 1. The second kappa shape index (κ2) is 8.99. The Morgan fingerprint density at radius 1 is 1.08 bits per heavy atom. The van der Waals surface area contributed by atoms with E-state index in [0.717, 1.165) is 11.1 Å². The predicted molar refractivity (Wildman–Crippen MR) is 96.8 cm³/mol. The van der Waals surface area contributed by atoms with Gasteiger partial charge in [0.15, 0.2) is 0 Å². The Morgan fingerprint density at radius 2 is 1.69 bits per heavy atom. The fraction of sp³-hybridized carbons (Fsp3) is 0.300. The molecule has 0 heterocycles. The van der Waals surface area contributed by atoms with Crippen molar-refractivity contribution in [1.29, 1.82) is 0 Å². The maximum Gasteiger partial charge on any atom is 0.408 e. The summed E-state index contributed by atoms with van der Waals surface area (Å²) in [5.41, 5.74) is 1.67. The quantitative estimate of drug-likeness (QED) is 0.857. The van der Waals surface area contributed by atoms with Gasteiger partial charge in [-0.1, -0.05) is 42.5 Å². The van der Waals surface area contributed by atoms with Crippen molar-refractivity contribution in [2.75, 3.05) is 7.05 Å². The number of halogens is 1. The van der Waals surface area contributed by atoms with Crippen LogP contribution < -0.4 is 5.32 Å². The molecule has 2 atom stereocenters. The molecule has 0 aliphatic heterocycles. The van der Waals surface area contributed by atoms with Crippen molar-refractivity contribution in [2.45, 2.75) is 32.5 Å². The molecule has 0 aliphatic rings. The highest BCUT2D eigenvalue weighted by molar-refractivity contribution is 5.85. The number of likely N-dealkylation sites (N-methyl/N-ethyl adjacent to an activating group) is 1. The number of nitrogens with zero attached hydrogens (tertiary/aromatic N) is 1. The molecular formula is C20H23FN2O3. The summed E-state index contributed by atoms with van der Waals surface area (Å²) in [6.07, 6.45) is -0.655. The molecule has 2 rings (SSSR count). The fourth-order valence-electron chi connectivity index (χ4n) is 2.46. The van der Waals surface area contributed by atoms with Crippen molar-refractivity contribution in [3.8, 4) is 0 Å². The Balaban J connectivity index is 1.87. The van der Waals surface area contributed by atoms with E-state index in [-0.39, 0.29) is 24.4 Å². The van der Waals surface area contributed by atoms with E-state index in [1.807, 2.05) is 37.3 Å². The van der Waals surface area contributed by atoms with Gasteiger partial charge in [-0.25, -0.2) is 9.18 Å². The van der Waals surface area contributed by atoms with Gasteiger partial charge < -0.3 is 15.0 Å². The Bertz CT molecular complexity index is 734. The van der Waals surface area contributed by atoms with E-state index in [9.17, 15) is 14.0 Å². The normalized spacial score (nSPS) is 12.8. The van der Waals surface area contributed by atoms with Crippen molar-refractivity contribution in [3.63, 3.8) is 0 Å². The van der Waals surface area contributed by atoms with Gasteiger partial charge in [-0.05, 0) is 37.1 Å². The lowest BCUT2D eigenvalue weighted by Gasteiger charge is -2.28. The zero-order valence-electron chi connectivity index (χ0n) is 15.1. The molecule has 26 heavy (non-hydrogen) atoms. The molecule has 0 spiro atoms. The highest BCUT2D eigenvalue weighted by Crippen LogP contribution is 2.19. The molecule has 1 N–H and O–H groups in total. The molecule has 0 saturated heterocycles. The lowest BCUT2D eigenvalue weighted by atomic mass is 10.1. The molecule has 0 bridgehead atoms. The first-order chi connectivity index (χ1) is 12.4. The topological polar surface area (TPSA) is 58.6 Å². The number of carbonyl (C=O) groups is 2. The highest BCUT2D eigenvalue weighted by Gasteiger charge is 2.24. The van der Waals surface area contributed by atoms with Gasteiger partial charge in [0, 0.05) is 7.05 Å². The van der Waals surface area contributed by atoms with E-state index in [1.54, 1.807) is 26.1 Å². The van der Waals surface area contributed by atoms with Crippen LogP contribution in [0.3, 0.4) is 0 Å². The van der Waals surface area contributed by atoms with E-state index < -0.39 is 12.1 Å². The average Bonchev–Trinajstić information content (AvgIpc) is 2.66. The minimum atomic E-state index is -0.744. The summed E-state index contributed by atoms with van der Waals surface area (Å²) in [6, 6.07) is 14.3. The summed E-state index contributed by atoms with van der Waals surface area (Å²) in [4.78, 5) is 25.9. The van der Waals surface area contributed by atoms with Gasteiger partial charge in [-0.2, -0.15) is 0 Å². The SMILES string of the molecule is C[C@H](NC(=O)OCc1ccccc1)C(=O)N(C)[C@@H](C)c1ccc(F)cc1. The van der Waals surface area contributed by atoms with Crippen molar-refractivity contribution < 1.29 is 18.7 Å². The molecule has 0 saturated carbocycles. The minimum absolute atomic E-state index is 0.134. The van der Waals surface area contributed by atoms with E-state index in [4.69, 9.17) is 4.74 Å². The molecule has 2 aromatic carbocycles. The van der Waals surface area contributed by atoms with Crippen LogP contribution in [0.5, 0.6) is 0 Å². The Hall–Kier alpha value is -2.89. The molecule has 0 radical (unpaired) electrons. The number of hydrogen-bond acceptors (Lipinski definition) is 3. The fourth-order valence-corrected chi connectivity index (χ4v) is 2.46. The number of hydrogen-bond donors (Lipinski definition) is 1. The number of ether oxygens (including phenoxy) is 1. The molecule has 0 fully saturated rings. The second-order valence-corrected chi connectivity index (χ2v) is 6.10. The van der Waals surface area contributed by atoms with Crippen molar-refractivity contribution in [3.05, 3.63) is 71.5 Å². The van der Waals surface area contributed by atoms with Crippen molar-refractivity contribution in [2.24, 2.45) is 0 Å². The molecule has 2 amide bonds. The van der Waals surface area contributed by atoms with Gasteiger partial charge in [0.25, 0.3) is 0 Å². The third-order valence-electron chi connectivity index (χ3n) is 4.20. The molecule has 5 nitrogen and oxygen atoms in total.